The molecule has 8 heteroatoms. The number of hydrogen-bond acceptors (Lipinski definition) is 5. The molecular weight excluding hydrogens is 554 g/mol. The molecule has 0 fully saturated rings. The van der Waals surface area contributed by atoms with Gasteiger partial charge >= 0.3 is 0 Å². The Hall–Kier alpha value is -5.50. The number of H-pyrrole nitrogens is 1. The maximum Gasteiger partial charge on any atom is 0.258 e. The van der Waals surface area contributed by atoms with Gasteiger partial charge in [0.15, 0.2) is 11.5 Å². The van der Waals surface area contributed by atoms with E-state index in [1.807, 2.05) is 84.9 Å². The van der Waals surface area contributed by atoms with E-state index in [2.05, 4.69) is 10.3 Å². The van der Waals surface area contributed by atoms with Crippen LogP contribution in [0.1, 0.15) is 38.7 Å². The zero-order chi connectivity index (χ0) is 30.2. The Balaban J connectivity index is 1.43. The minimum Gasteiger partial charge on any atom is -0.507 e. The van der Waals surface area contributed by atoms with Crippen LogP contribution in [0.15, 0.2) is 102 Å². The van der Waals surface area contributed by atoms with Crippen molar-refractivity contribution in [3.8, 4) is 17.2 Å². The third-order valence-corrected chi connectivity index (χ3v) is 8.34. The third-order valence-electron chi connectivity index (χ3n) is 8.34. The van der Waals surface area contributed by atoms with Crippen LogP contribution in [0.3, 0.4) is 0 Å². The number of aryl methyl sites for hydroxylation is 1. The van der Waals surface area contributed by atoms with Crippen LogP contribution in [0, 0.1) is 0 Å². The lowest BCUT2D eigenvalue weighted by Gasteiger charge is -2.27. The number of pyridine rings is 1. The van der Waals surface area contributed by atoms with Gasteiger partial charge in [-0.1, -0.05) is 60.7 Å². The molecule has 0 bridgehead atoms. The second-order valence-electron chi connectivity index (χ2n) is 10.9. The van der Waals surface area contributed by atoms with Crippen LogP contribution in [-0.2, 0) is 13.5 Å². The first kappa shape index (κ1) is 27.3. The van der Waals surface area contributed by atoms with Gasteiger partial charge in [-0.25, -0.2) is 0 Å². The minimum absolute atomic E-state index is 0.0787. The van der Waals surface area contributed by atoms with Gasteiger partial charge in [-0.05, 0) is 48.4 Å². The van der Waals surface area contributed by atoms with E-state index >= 15 is 0 Å². The molecular formula is C36H31N3O5. The molecule has 44 heavy (non-hydrogen) atoms. The third kappa shape index (κ3) is 4.65. The number of para-hydroxylation sites is 3. The quantitative estimate of drug-likeness (QED) is 0.225. The first-order valence-electron chi connectivity index (χ1n) is 14.6. The van der Waals surface area contributed by atoms with Gasteiger partial charge in [0.2, 0.25) is 0 Å². The van der Waals surface area contributed by atoms with Crippen LogP contribution < -0.4 is 20.3 Å². The summed E-state index contributed by atoms with van der Waals surface area (Å²) in [5.74, 6) is 0.156. The number of rotatable bonds is 7. The molecule has 4 aromatic carbocycles. The topological polar surface area (TPSA) is 106 Å². The number of benzene rings is 4. The molecule has 0 spiro atoms. The number of carbonyl (C=O) groups excluding carboxylic acids is 1. The zero-order valence-corrected chi connectivity index (χ0v) is 24.2. The molecule has 0 radical (unpaired) electrons. The molecule has 3 N–H and O–H groups in total. The molecule has 1 aliphatic heterocycles. The molecule has 1 aliphatic rings. The first-order chi connectivity index (χ1) is 21.5. The van der Waals surface area contributed by atoms with Crippen molar-refractivity contribution in [1.82, 2.24) is 14.9 Å². The lowest BCUT2D eigenvalue weighted by atomic mass is 9.84. The van der Waals surface area contributed by atoms with E-state index in [0.29, 0.717) is 59.7 Å². The molecule has 0 aliphatic carbocycles. The summed E-state index contributed by atoms with van der Waals surface area (Å²) in [4.78, 5) is 30.7. The molecule has 1 unspecified atom stereocenters. The molecule has 6 aromatic rings. The zero-order valence-electron chi connectivity index (χ0n) is 24.2. The summed E-state index contributed by atoms with van der Waals surface area (Å²) in [7, 11) is 1.72. The van der Waals surface area contributed by atoms with E-state index in [4.69, 9.17) is 9.47 Å². The normalized spacial score (nSPS) is 13.2. The maximum absolute atomic E-state index is 14.2. The Morgan fingerprint density at radius 3 is 2.48 bits per heavy atom. The molecule has 8 nitrogen and oxygen atoms in total. The molecule has 0 saturated carbocycles. The first-order valence-corrected chi connectivity index (χ1v) is 14.6. The summed E-state index contributed by atoms with van der Waals surface area (Å²) in [6.45, 7) is 1.15. The molecule has 3 heterocycles. The van der Waals surface area contributed by atoms with Crippen molar-refractivity contribution >= 4 is 27.7 Å². The molecule has 0 saturated heterocycles. The number of nitrogens with one attached hydrogen (secondary N) is 2. The van der Waals surface area contributed by atoms with Crippen LogP contribution in [-0.4, -0.2) is 40.3 Å². The average molecular weight is 586 g/mol. The van der Waals surface area contributed by atoms with Gasteiger partial charge in [-0.2, -0.15) is 0 Å². The smallest absolute Gasteiger partial charge is 0.258 e. The number of aromatic nitrogens is 2. The fourth-order valence-corrected chi connectivity index (χ4v) is 6.27. The van der Waals surface area contributed by atoms with Gasteiger partial charge < -0.3 is 29.4 Å². The highest BCUT2D eigenvalue weighted by Gasteiger charge is 2.33. The number of nitrogens with zero attached hydrogens (tertiary/aromatic N) is 1. The van der Waals surface area contributed by atoms with Gasteiger partial charge in [0.1, 0.15) is 19.0 Å². The van der Waals surface area contributed by atoms with Crippen molar-refractivity contribution in [2.75, 3.05) is 19.8 Å². The Labute approximate surface area is 253 Å². The fourth-order valence-electron chi connectivity index (χ4n) is 6.27. The standard InChI is InChI=1S/C36H31N3O5/c1-39-28-16-8-6-13-25(28)33(40)31(36(39)42)30(26-14-9-17-29-34(26)44-21-20-43-29)32-24(23-12-5-7-15-27(23)38-32)18-19-37-35(41)22-10-3-2-4-11-22/h2-17,30,38,40H,18-21H2,1H3,(H,37,41). The second-order valence-corrected chi connectivity index (χ2v) is 10.9. The molecule has 7 rings (SSSR count). The van der Waals surface area contributed by atoms with Crippen LogP contribution in [0.4, 0.5) is 0 Å². The number of aromatic amines is 1. The average Bonchev–Trinajstić information content (AvgIpc) is 3.43. The SMILES string of the molecule is Cn1c(=O)c(C(c2cccc3c2OCCO3)c2[nH]c3ccccc3c2CCNC(=O)c2ccccc2)c(O)c2ccccc21. The Bertz CT molecular complexity index is 2080. The van der Waals surface area contributed by atoms with Crippen LogP contribution in [0.5, 0.6) is 17.2 Å². The van der Waals surface area contributed by atoms with Crippen molar-refractivity contribution in [2.45, 2.75) is 12.3 Å². The van der Waals surface area contributed by atoms with Crippen molar-refractivity contribution in [2.24, 2.45) is 7.05 Å². The molecule has 1 amide bonds. The van der Waals surface area contributed by atoms with Crippen molar-refractivity contribution in [1.29, 1.82) is 0 Å². The molecule has 1 atom stereocenters. The second kappa shape index (κ2) is 11.3. The summed E-state index contributed by atoms with van der Waals surface area (Å²) in [5.41, 5.74) is 4.39. The number of aromatic hydroxyl groups is 1. The van der Waals surface area contributed by atoms with E-state index in [-0.39, 0.29) is 22.8 Å². The fraction of sp³-hybridized carbons (Fsp3) is 0.167. The minimum atomic E-state index is -0.734. The van der Waals surface area contributed by atoms with Gasteiger partial charge in [0, 0.05) is 46.7 Å². The van der Waals surface area contributed by atoms with Gasteiger partial charge in [-0.15, -0.1) is 0 Å². The van der Waals surface area contributed by atoms with Crippen LogP contribution in [0.2, 0.25) is 0 Å². The monoisotopic (exact) mass is 585 g/mol. The predicted molar refractivity (Wildman–Crippen MR) is 170 cm³/mol. The van der Waals surface area contributed by atoms with Crippen molar-refractivity contribution < 1.29 is 19.4 Å². The number of carbonyl (C=O) groups is 1. The highest BCUT2D eigenvalue weighted by molar-refractivity contribution is 5.94. The van der Waals surface area contributed by atoms with Crippen LogP contribution >= 0.6 is 0 Å². The van der Waals surface area contributed by atoms with Crippen LogP contribution in [0.25, 0.3) is 21.8 Å². The summed E-state index contributed by atoms with van der Waals surface area (Å²) in [5, 5.41) is 16.4. The summed E-state index contributed by atoms with van der Waals surface area (Å²) in [6, 6.07) is 30.0. The maximum atomic E-state index is 14.2. The predicted octanol–water partition coefficient (Wildman–Crippen LogP) is 5.65. The number of amides is 1. The largest absolute Gasteiger partial charge is 0.507 e. The number of ether oxygens (including phenoxy) is 2. The van der Waals surface area contributed by atoms with Crippen molar-refractivity contribution in [3.05, 3.63) is 135 Å². The Morgan fingerprint density at radius 1 is 0.909 bits per heavy atom. The molecule has 220 valence electrons. The summed E-state index contributed by atoms with van der Waals surface area (Å²) in [6.07, 6.45) is 0.482. The highest BCUT2D eigenvalue weighted by Crippen LogP contribution is 2.46. The van der Waals surface area contributed by atoms with E-state index < -0.39 is 5.92 Å². The van der Waals surface area contributed by atoms with Gasteiger partial charge in [0.05, 0.1) is 17.0 Å². The van der Waals surface area contributed by atoms with Gasteiger partial charge in [-0.3, -0.25) is 9.59 Å². The van der Waals surface area contributed by atoms with E-state index in [9.17, 15) is 14.7 Å². The number of fused-ring (bicyclic) bond motifs is 3. The lowest BCUT2D eigenvalue weighted by Crippen LogP contribution is -2.27. The van der Waals surface area contributed by atoms with Crippen molar-refractivity contribution in [3.63, 3.8) is 0 Å². The van der Waals surface area contributed by atoms with E-state index in [1.54, 1.807) is 23.7 Å². The van der Waals surface area contributed by atoms with E-state index in [1.165, 1.54) is 0 Å². The van der Waals surface area contributed by atoms with E-state index in [0.717, 1.165) is 22.2 Å². The Morgan fingerprint density at radius 2 is 1.64 bits per heavy atom. The Kier molecular flexibility index (Phi) is 7.02. The molecule has 2 aromatic heterocycles. The highest BCUT2D eigenvalue weighted by atomic mass is 16.6. The number of hydrogen-bond donors (Lipinski definition) is 3. The summed E-state index contributed by atoms with van der Waals surface area (Å²) >= 11 is 0. The summed E-state index contributed by atoms with van der Waals surface area (Å²) < 4.78 is 13.7. The lowest BCUT2D eigenvalue weighted by molar-refractivity contribution is 0.0954. The van der Waals surface area contributed by atoms with Gasteiger partial charge in [0.25, 0.3) is 11.5 Å².